The van der Waals surface area contributed by atoms with Gasteiger partial charge in [0.1, 0.15) is 0 Å². The molecular weight excluding hydrogens is 249 g/mol. The van der Waals surface area contributed by atoms with Gasteiger partial charge < -0.3 is 20.3 Å². The highest BCUT2D eigenvalue weighted by Gasteiger charge is 2.07. The molecule has 0 aliphatic rings. The number of ether oxygens (including phenoxy) is 1. The highest BCUT2D eigenvalue weighted by atomic mass is 19.1. The van der Waals surface area contributed by atoms with E-state index in [1.165, 1.54) is 12.0 Å². The minimum atomic E-state index is -0.352. The molecule has 106 valence electrons. The van der Waals surface area contributed by atoms with E-state index in [0.717, 1.165) is 0 Å². The summed E-state index contributed by atoms with van der Waals surface area (Å²) < 4.78 is 18.7. The molecule has 0 saturated carbocycles. The van der Waals surface area contributed by atoms with Crippen LogP contribution < -0.4 is 15.4 Å². The number of carbonyl (C=O) groups is 1. The average molecular weight is 269 g/mol. The second kappa shape index (κ2) is 7.58. The molecule has 1 aromatic rings. The molecule has 0 saturated heterocycles. The van der Waals surface area contributed by atoms with Gasteiger partial charge in [0.05, 0.1) is 7.11 Å². The Kier molecular flexibility index (Phi) is 6.08. The SMILES string of the molecule is COc1cccc(CNCCNC(=O)N(C)C)c1F. The fourth-order valence-corrected chi connectivity index (χ4v) is 1.49. The number of amides is 2. The molecule has 1 rings (SSSR count). The van der Waals surface area contributed by atoms with Crippen molar-refractivity contribution in [3.8, 4) is 5.75 Å². The predicted molar refractivity (Wildman–Crippen MR) is 71.7 cm³/mol. The van der Waals surface area contributed by atoms with Gasteiger partial charge in [-0.25, -0.2) is 9.18 Å². The number of methoxy groups -OCH3 is 1. The number of halogens is 1. The molecule has 0 spiro atoms. The van der Waals surface area contributed by atoms with Crippen LogP contribution in [0, 0.1) is 5.82 Å². The van der Waals surface area contributed by atoms with E-state index in [1.54, 1.807) is 32.3 Å². The van der Waals surface area contributed by atoms with Crippen molar-refractivity contribution in [2.45, 2.75) is 6.54 Å². The molecule has 2 amide bonds. The van der Waals surface area contributed by atoms with Gasteiger partial charge in [0.2, 0.25) is 0 Å². The second-order valence-electron chi connectivity index (χ2n) is 4.24. The first-order valence-corrected chi connectivity index (χ1v) is 6.03. The van der Waals surface area contributed by atoms with Crippen molar-refractivity contribution >= 4 is 6.03 Å². The molecule has 0 aliphatic heterocycles. The summed E-state index contributed by atoms with van der Waals surface area (Å²) in [5, 5.41) is 5.77. The quantitative estimate of drug-likeness (QED) is 0.763. The Morgan fingerprint density at radius 3 is 2.74 bits per heavy atom. The number of benzene rings is 1. The van der Waals surface area contributed by atoms with Crippen molar-refractivity contribution in [2.24, 2.45) is 0 Å². The number of nitrogens with zero attached hydrogens (tertiary/aromatic N) is 1. The van der Waals surface area contributed by atoms with E-state index >= 15 is 0 Å². The summed E-state index contributed by atoms with van der Waals surface area (Å²) in [5.74, 6) is -0.116. The van der Waals surface area contributed by atoms with Crippen molar-refractivity contribution in [3.05, 3.63) is 29.6 Å². The molecule has 0 unspecified atom stereocenters. The molecule has 1 aromatic carbocycles. The van der Waals surface area contributed by atoms with Crippen molar-refractivity contribution in [1.29, 1.82) is 0 Å². The predicted octanol–water partition coefficient (Wildman–Crippen LogP) is 1.20. The summed E-state index contributed by atoms with van der Waals surface area (Å²) in [4.78, 5) is 12.7. The summed E-state index contributed by atoms with van der Waals surface area (Å²) in [7, 11) is 4.79. The van der Waals surface area contributed by atoms with Gasteiger partial charge in [0.15, 0.2) is 11.6 Å². The second-order valence-corrected chi connectivity index (χ2v) is 4.24. The summed E-state index contributed by atoms with van der Waals surface area (Å²) in [5.41, 5.74) is 0.540. The normalized spacial score (nSPS) is 10.1. The molecule has 0 aliphatic carbocycles. The van der Waals surface area contributed by atoms with E-state index < -0.39 is 0 Å². The van der Waals surface area contributed by atoms with Gasteiger partial charge in [0, 0.05) is 39.3 Å². The Bertz CT molecular complexity index is 424. The monoisotopic (exact) mass is 269 g/mol. The maximum absolute atomic E-state index is 13.8. The zero-order chi connectivity index (χ0) is 14.3. The number of carbonyl (C=O) groups excluding carboxylic acids is 1. The van der Waals surface area contributed by atoms with Gasteiger partial charge >= 0.3 is 6.03 Å². The lowest BCUT2D eigenvalue weighted by atomic mass is 10.2. The number of rotatable bonds is 6. The lowest BCUT2D eigenvalue weighted by Gasteiger charge is -2.12. The fraction of sp³-hybridized carbons (Fsp3) is 0.462. The molecule has 0 bridgehead atoms. The van der Waals surface area contributed by atoms with Crippen LogP contribution in [0.1, 0.15) is 5.56 Å². The van der Waals surface area contributed by atoms with Crippen LogP contribution in [-0.4, -0.2) is 45.2 Å². The first kappa shape index (κ1) is 15.2. The van der Waals surface area contributed by atoms with E-state index in [-0.39, 0.29) is 17.6 Å². The molecule has 19 heavy (non-hydrogen) atoms. The van der Waals surface area contributed by atoms with Crippen molar-refractivity contribution < 1.29 is 13.9 Å². The smallest absolute Gasteiger partial charge is 0.316 e. The summed E-state index contributed by atoms with van der Waals surface area (Å²) >= 11 is 0. The maximum atomic E-state index is 13.8. The fourth-order valence-electron chi connectivity index (χ4n) is 1.49. The van der Waals surface area contributed by atoms with Crippen LogP contribution in [0.2, 0.25) is 0 Å². The molecule has 6 heteroatoms. The largest absolute Gasteiger partial charge is 0.494 e. The van der Waals surface area contributed by atoms with Gasteiger partial charge in [-0.15, -0.1) is 0 Å². The lowest BCUT2D eigenvalue weighted by molar-refractivity contribution is 0.217. The van der Waals surface area contributed by atoms with Crippen LogP contribution in [0.15, 0.2) is 18.2 Å². The Morgan fingerprint density at radius 2 is 2.11 bits per heavy atom. The first-order valence-electron chi connectivity index (χ1n) is 6.03. The topological polar surface area (TPSA) is 53.6 Å². The lowest BCUT2D eigenvalue weighted by Crippen LogP contribution is -2.38. The molecule has 0 atom stereocenters. The van der Waals surface area contributed by atoms with Crippen LogP contribution >= 0.6 is 0 Å². The van der Waals surface area contributed by atoms with Crippen LogP contribution in [0.25, 0.3) is 0 Å². The number of urea groups is 1. The van der Waals surface area contributed by atoms with Crippen LogP contribution in [0.3, 0.4) is 0 Å². The minimum Gasteiger partial charge on any atom is -0.494 e. The molecule has 0 fully saturated rings. The molecule has 0 radical (unpaired) electrons. The van der Waals surface area contributed by atoms with Crippen molar-refractivity contribution in [2.75, 3.05) is 34.3 Å². The van der Waals surface area contributed by atoms with Crippen molar-refractivity contribution in [3.63, 3.8) is 0 Å². The number of hydrogen-bond acceptors (Lipinski definition) is 3. The summed E-state index contributed by atoms with van der Waals surface area (Å²) in [6.07, 6.45) is 0. The van der Waals surface area contributed by atoms with Gasteiger partial charge in [-0.3, -0.25) is 0 Å². The zero-order valence-electron chi connectivity index (χ0n) is 11.5. The summed E-state index contributed by atoms with van der Waals surface area (Å²) in [6.45, 7) is 1.44. The molecule has 2 N–H and O–H groups in total. The maximum Gasteiger partial charge on any atom is 0.316 e. The van der Waals surface area contributed by atoms with E-state index in [4.69, 9.17) is 4.74 Å². The van der Waals surface area contributed by atoms with Gasteiger partial charge in [0.25, 0.3) is 0 Å². The highest BCUT2D eigenvalue weighted by Crippen LogP contribution is 2.19. The van der Waals surface area contributed by atoms with E-state index in [0.29, 0.717) is 25.2 Å². The third-order valence-corrected chi connectivity index (χ3v) is 2.56. The van der Waals surface area contributed by atoms with Gasteiger partial charge in [-0.05, 0) is 6.07 Å². The van der Waals surface area contributed by atoms with E-state index in [2.05, 4.69) is 10.6 Å². The zero-order valence-corrected chi connectivity index (χ0v) is 11.5. The first-order chi connectivity index (χ1) is 9.06. The van der Waals surface area contributed by atoms with E-state index in [1.807, 2.05) is 0 Å². The van der Waals surface area contributed by atoms with Gasteiger partial charge in [-0.1, -0.05) is 12.1 Å². The Hall–Kier alpha value is -1.82. The molecule has 5 nitrogen and oxygen atoms in total. The molecule has 0 aromatic heterocycles. The third-order valence-electron chi connectivity index (χ3n) is 2.56. The molecular formula is C13H20FN3O2. The third kappa shape index (κ3) is 4.75. The Morgan fingerprint density at radius 1 is 1.37 bits per heavy atom. The highest BCUT2D eigenvalue weighted by molar-refractivity contribution is 5.73. The minimum absolute atomic E-state index is 0.144. The molecule has 0 heterocycles. The number of hydrogen-bond donors (Lipinski definition) is 2. The van der Waals surface area contributed by atoms with Crippen LogP contribution in [0.5, 0.6) is 5.75 Å². The summed E-state index contributed by atoms with van der Waals surface area (Å²) in [6, 6.07) is 4.88. The Balaban J connectivity index is 2.32. The standard InChI is InChI=1S/C13H20FN3O2/c1-17(2)13(18)16-8-7-15-9-10-5-4-6-11(19-3)12(10)14/h4-6,15H,7-9H2,1-3H3,(H,16,18). The number of nitrogens with one attached hydrogen (secondary N) is 2. The van der Waals surface area contributed by atoms with Crippen LogP contribution in [-0.2, 0) is 6.54 Å². The van der Waals surface area contributed by atoms with Gasteiger partial charge in [-0.2, -0.15) is 0 Å². The van der Waals surface area contributed by atoms with E-state index in [9.17, 15) is 9.18 Å². The average Bonchev–Trinajstić information content (AvgIpc) is 2.39. The Labute approximate surface area is 112 Å². The van der Waals surface area contributed by atoms with Crippen molar-refractivity contribution in [1.82, 2.24) is 15.5 Å². The van der Waals surface area contributed by atoms with Crippen LogP contribution in [0.4, 0.5) is 9.18 Å².